The van der Waals surface area contributed by atoms with Crippen molar-refractivity contribution in [2.75, 3.05) is 6.26 Å². The molecule has 0 saturated carbocycles. The summed E-state index contributed by atoms with van der Waals surface area (Å²) in [5.41, 5.74) is 0.618. The predicted molar refractivity (Wildman–Crippen MR) is 65.4 cm³/mol. The molecule has 0 amide bonds. The Kier molecular flexibility index (Phi) is 2.52. The topological polar surface area (TPSA) is 54.3 Å². The summed E-state index contributed by atoms with van der Waals surface area (Å²) < 4.78 is 24.1. The maximum absolute atomic E-state index is 11.7. The lowest BCUT2D eigenvalue weighted by molar-refractivity contribution is 0.603. The zero-order valence-corrected chi connectivity index (χ0v) is 10.7. The fourth-order valence-electron chi connectivity index (χ4n) is 1.59. The molecular formula is C10H7BrN2O2S. The Morgan fingerprint density at radius 2 is 2.12 bits per heavy atom. The summed E-state index contributed by atoms with van der Waals surface area (Å²) in [5, 5.41) is 0.757. The van der Waals surface area contributed by atoms with Crippen molar-refractivity contribution in [3.63, 3.8) is 0 Å². The molecule has 16 heavy (non-hydrogen) atoms. The maximum Gasteiger partial charge on any atom is 0.207 e. The number of aromatic amines is 1. The summed E-state index contributed by atoms with van der Waals surface area (Å²) in [6.45, 7) is 6.98. The highest BCUT2D eigenvalue weighted by molar-refractivity contribution is 9.10. The number of rotatable bonds is 1. The van der Waals surface area contributed by atoms with Crippen LogP contribution >= 0.6 is 15.9 Å². The van der Waals surface area contributed by atoms with Crippen molar-refractivity contribution < 1.29 is 8.42 Å². The number of nitrogens with zero attached hydrogens (tertiary/aromatic N) is 1. The Balaban J connectivity index is 3.03. The van der Waals surface area contributed by atoms with Gasteiger partial charge in [-0.2, -0.15) is 0 Å². The van der Waals surface area contributed by atoms with E-state index in [1.165, 1.54) is 6.07 Å². The lowest BCUT2D eigenvalue weighted by Crippen LogP contribution is -1.98. The van der Waals surface area contributed by atoms with Gasteiger partial charge in [-0.25, -0.2) is 13.3 Å². The van der Waals surface area contributed by atoms with E-state index in [1.807, 2.05) is 0 Å². The molecule has 1 aromatic carbocycles. The van der Waals surface area contributed by atoms with Crippen LogP contribution in [-0.4, -0.2) is 19.7 Å². The molecule has 0 radical (unpaired) electrons. The van der Waals surface area contributed by atoms with Crippen molar-refractivity contribution in [1.82, 2.24) is 4.98 Å². The van der Waals surface area contributed by atoms with E-state index in [-0.39, 0.29) is 10.6 Å². The lowest BCUT2D eigenvalue weighted by atomic mass is 10.2. The summed E-state index contributed by atoms with van der Waals surface area (Å²) in [6, 6.07) is 3.24. The van der Waals surface area contributed by atoms with Crippen molar-refractivity contribution in [3.8, 4) is 0 Å². The molecule has 0 saturated heterocycles. The summed E-state index contributed by atoms with van der Waals surface area (Å²) in [4.78, 5) is 6.16. The van der Waals surface area contributed by atoms with Gasteiger partial charge in [-0.1, -0.05) is 12.1 Å². The molecule has 4 nitrogen and oxygen atoms in total. The van der Waals surface area contributed by atoms with Crippen LogP contribution in [0, 0.1) is 6.57 Å². The molecular weight excluding hydrogens is 292 g/mol. The molecule has 0 unspecified atom stereocenters. The van der Waals surface area contributed by atoms with E-state index >= 15 is 0 Å². The second-order valence-corrected chi connectivity index (χ2v) is 6.16. The number of fused-ring (bicyclic) bond motifs is 1. The third-order valence-electron chi connectivity index (χ3n) is 2.23. The average Bonchev–Trinajstić information content (AvgIpc) is 2.57. The molecule has 82 valence electrons. The second kappa shape index (κ2) is 3.61. The van der Waals surface area contributed by atoms with Crippen molar-refractivity contribution in [2.24, 2.45) is 0 Å². The summed E-state index contributed by atoms with van der Waals surface area (Å²) in [7, 11) is -3.42. The maximum atomic E-state index is 11.7. The highest BCUT2D eigenvalue weighted by Crippen LogP contribution is 2.34. The first-order valence-corrected chi connectivity index (χ1v) is 7.00. The van der Waals surface area contributed by atoms with Crippen LogP contribution in [0.1, 0.15) is 0 Å². The largest absolute Gasteiger partial charge is 0.360 e. The molecule has 0 aliphatic rings. The number of benzene rings is 1. The van der Waals surface area contributed by atoms with Crippen LogP contribution in [0.25, 0.3) is 15.7 Å². The van der Waals surface area contributed by atoms with E-state index in [0.29, 0.717) is 5.52 Å². The second-order valence-electron chi connectivity index (χ2n) is 3.36. The van der Waals surface area contributed by atoms with Crippen LogP contribution in [0.2, 0.25) is 0 Å². The standard InChI is InChI=1S/C10H7BrN2O2S/c1-12-8-4-3-6-7(11)5-13-9(6)10(8)16(2,14)15/h3-5,13H,2H3. The van der Waals surface area contributed by atoms with E-state index in [1.54, 1.807) is 12.3 Å². The van der Waals surface area contributed by atoms with E-state index < -0.39 is 9.84 Å². The predicted octanol–water partition coefficient (Wildman–Crippen LogP) is 2.88. The Bertz CT molecular complexity index is 710. The minimum Gasteiger partial charge on any atom is -0.360 e. The van der Waals surface area contributed by atoms with Crippen LogP contribution < -0.4 is 0 Å². The van der Waals surface area contributed by atoms with Gasteiger partial charge in [-0.3, -0.25) is 0 Å². The van der Waals surface area contributed by atoms with Gasteiger partial charge in [-0.15, -0.1) is 0 Å². The highest BCUT2D eigenvalue weighted by atomic mass is 79.9. The first kappa shape index (κ1) is 11.2. The van der Waals surface area contributed by atoms with E-state index in [2.05, 4.69) is 25.8 Å². The average molecular weight is 299 g/mol. The zero-order valence-electron chi connectivity index (χ0n) is 8.28. The summed E-state index contributed by atoms with van der Waals surface area (Å²) >= 11 is 3.31. The number of sulfone groups is 1. The van der Waals surface area contributed by atoms with Crippen LogP contribution in [0.5, 0.6) is 0 Å². The molecule has 1 aromatic heterocycles. The van der Waals surface area contributed by atoms with Gasteiger partial charge in [0.15, 0.2) is 9.84 Å². The van der Waals surface area contributed by atoms with Gasteiger partial charge in [0.05, 0.1) is 17.0 Å². The van der Waals surface area contributed by atoms with Gasteiger partial charge >= 0.3 is 0 Å². The Morgan fingerprint density at radius 3 is 2.69 bits per heavy atom. The van der Waals surface area contributed by atoms with Crippen LogP contribution in [0.15, 0.2) is 27.7 Å². The van der Waals surface area contributed by atoms with Crippen LogP contribution in [-0.2, 0) is 9.84 Å². The van der Waals surface area contributed by atoms with Gasteiger partial charge in [0.25, 0.3) is 0 Å². The fourth-order valence-corrected chi connectivity index (χ4v) is 3.07. The lowest BCUT2D eigenvalue weighted by Gasteiger charge is -2.03. The number of nitrogens with one attached hydrogen (secondary N) is 1. The monoisotopic (exact) mass is 298 g/mol. The molecule has 2 rings (SSSR count). The van der Waals surface area contributed by atoms with Crippen molar-refractivity contribution in [3.05, 3.63) is 34.2 Å². The Labute approximate surface area is 101 Å². The zero-order chi connectivity index (χ0) is 11.9. The number of aromatic nitrogens is 1. The molecule has 0 aliphatic carbocycles. The first-order chi connectivity index (χ1) is 7.45. The van der Waals surface area contributed by atoms with Gasteiger partial charge < -0.3 is 4.98 Å². The van der Waals surface area contributed by atoms with E-state index in [0.717, 1.165) is 16.1 Å². The number of halogens is 1. The van der Waals surface area contributed by atoms with E-state index in [4.69, 9.17) is 6.57 Å². The molecule has 1 N–H and O–H groups in total. The minimum absolute atomic E-state index is 0.0608. The molecule has 6 heteroatoms. The SMILES string of the molecule is [C-]#[N+]c1ccc2c(Br)c[nH]c2c1S(C)(=O)=O. The number of hydrogen-bond donors (Lipinski definition) is 1. The molecule has 0 atom stereocenters. The van der Waals surface area contributed by atoms with Crippen LogP contribution in [0.4, 0.5) is 5.69 Å². The van der Waals surface area contributed by atoms with Crippen molar-refractivity contribution in [2.45, 2.75) is 4.90 Å². The quantitative estimate of drug-likeness (QED) is 0.823. The molecule has 0 spiro atoms. The molecule has 1 heterocycles. The molecule has 0 fully saturated rings. The van der Waals surface area contributed by atoms with Gasteiger partial charge in [0, 0.05) is 22.3 Å². The molecule has 0 aliphatic heterocycles. The smallest absolute Gasteiger partial charge is 0.207 e. The summed E-state index contributed by atoms with van der Waals surface area (Å²) in [5.74, 6) is 0. The molecule has 0 bridgehead atoms. The number of hydrogen-bond acceptors (Lipinski definition) is 2. The highest BCUT2D eigenvalue weighted by Gasteiger charge is 2.19. The van der Waals surface area contributed by atoms with Crippen molar-refractivity contribution >= 4 is 42.4 Å². The third kappa shape index (κ3) is 1.62. The van der Waals surface area contributed by atoms with Gasteiger partial charge in [0.2, 0.25) is 5.69 Å². The van der Waals surface area contributed by atoms with Crippen LogP contribution in [0.3, 0.4) is 0 Å². The Hall–Kier alpha value is -1.32. The summed E-state index contributed by atoms with van der Waals surface area (Å²) in [6.07, 6.45) is 2.76. The molecule has 2 aromatic rings. The third-order valence-corrected chi connectivity index (χ3v) is 4.04. The fraction of sp³-hybridized carbons (Fsp3) is 0.100. The minimum atomic E-state index is -3.42. The van der Waals surface area contributed by atoms with Gasteiger partial charge in [0.1, 0.15) is 0 Å². The number of H-pyrrole nitrogens is 1. The first-order valence-electron chi connectivity index (χ1n) is 4.32. The van der Waals surface area contributed by atoms with Crippen molar-refractivity contribution in [1.29, 1.82) is 0 Å². The van der Waals surface area contributed by atoms with Gasteiger partial charge in [-0.05, 0) is 15.9 Å². The van der Waals surface area contributed by atoms with E-state index in [9.17, 15) is 8.42 Å². The normalized spacial score (nSPS) is 11.6. The Morgan fingerprint density at radius 1 is 1.44 bits per heavy atom.